The average molecular weight is 430 g/mol. The fraction of sp³-hybridized carbons (Fsp3) is 0.300. The van der Waals surface area contributed by atoms with E-state index in [0.29, 0.717) is 12.3 Å². The van der Waals surface area contributed by atoms with Crippen molar-refractivity contribution in [3.05, 3.63) is 60.1 Å². The molecule has 1 aromatic carbocycles. The van der Waals surface area contributed by atoms with Gasteiger partial charge in [0.1, 0.15) is 5.76 Å². The summed E-state index contributed by atoms with van der Waals surface area (Å²) >= 11 is 1.08. The summed E-state index contributed by atoms with van der Waals surface area (Å²) in [5, 5.41) is 16.8. The molecule has 0 radical (unpaired) electrons. The monoisotopic (exact) mass is 430 g/mol. The molecule has 0 aliphatic rings. The zero-order valence-electron chi connectivity index (χ0n) is 16.2. The molecular formula is C20H19FN4O4S. The number of nitriles is 1. The van der Waals surface area contributed by atoms with Gasteiger partial charge in [0.25, 0.3) is 11.1 Å². The summed E-state index contributed by atoms with van der Waals surface area (Å²) in [5.74, 6) is 0.255. The van der Waals surface area contributed by atoms with Crippen LogP contribution in [0.5, 0.6) is 5.75 Å². The van der Waals surface area contributed by atoms with Gasteiger partial charge in [-0.2, -0.15) is 5.26 Å². The topological polar surface area (TPSA) is 105 Å². The number of aromatic nitrogens is 2. The van der Waals surface area contributed by atoms with Crippen LogP contribution >= 0.6 is 11.8 Å². The lowest BCUT2D eigenvalue weighted by atomic mass is 10.3. The van der Waals surface area contributed by atoms with Crippen LogP contribution in [0.1, 0.15) is 31.1 Å². The molecule has 0 saturated heterocycles. The van der Waals surface area contributed by atoms with Crippen LogP contribution in [-0.2, 0) is 11.3 Å². The molecule has 1 atom stereocenters. The number of ether oxygens (including phenoxy) is 1. The number of hydrogen-bond donors (Lipinski definition) is 0. The second-order valence-electron chi connectivity index (χ2n) is 6.19. The van der Waals surface area contributed by atoms with E-state index in [0.717, 1.165) is 11.8 Å². The van der Waals surface area contributed by atoms with Crippen LogP contribution < -0.4 is 4.74 Å². The van der Waals surface area contributed by atoms with Gasteiger partial charge in [-0.05, 0) is 31.2 Å². The molecule has 2 aromatic heterocycles. The zero-order valence-corrected chi connectivity index (χ0v) is 17.0. The highest BCUT2D eigenvalue weighted by Gasteiger charge is 2.20. The van der Waals surface area contributed by atoms with Gasteiger partial charge < -0.3 is 18.5 Å². The smallest absolute Gasteiger partial charge is 0.277 e. The molecule has 30 heavy (non-hydrogen) atoms. The van der Waals surface area contributed by atoms with Crippen LogP contribution in [-0.4, -0.2) is 33.3 Å². The Bertz CT molecular complexity index is 1000. The number of rotatable bonds is 10. The Hall–Kier alpha value is -3.32. The summed E-state index contributed by atoms with van der Waals surface area (Å²) in [6.45, 7) is 2.22. The van der Waals surface area contributed by atoms with Crippen molar-refractivity contribution in [2.45, 2.75) is 31.2 Å². The minimum Gasteiger partial charge on any atom is -0.478 e. The van der Waals surface area contributed by atoms with Gasteiger partial charge in [0, 0.05) is 6.54 Å². The Kier molecular flexibility index (Phi) is 7.45. The first-order chi connectivity index (χ1) is 14.6. The fourth-order valence-electron chi connectivity index (χ4n) is 2.51. The van der Waals surface area contributed by atoms with E-state index >= 15 is 0 Å². The van der Waals surface area contributed by atoms with Crippen molar-refractivity contribution in [3.8, 4) is 11.8 Å². The average Bonchev–Trinajstić information content (AvgIpc) is 3.43. The molecule has 3 rings (SSSR count). The lowest BCUT2D eigenvalue weighted by molar-refractivity contribution is -0.129. The standard InChI is InChI=1S/C20H19FN4O4S/c1-14(28-17-8-3-2-7-16(17)21)19-23-24-20(29-19)30-13-18(26)25(10-5-9-22)12-15-6-4-11-27-15/h2-4,6-8,11,14H,5,10,12-13H2,1H3. The molecule has 1 amide bonds. The van der Waals surface area contributed by atoms with E-state index in [1.54, 1.807) is 31.2 Å². The van der Waals surface area contributed by atoms with Crippen molar-refractivity contribution in [3.63, 3.8) is 0 Å². The Morgan fingerprint density at radius 3 is 2.90 bits per heavy atom. The molecule has 156 valence electrons. The van der Waals surface area contributed by atoms with Gasteiger partial charge >= 0.3 is 0 Å². The van der Waals surface area contributed by atoms with E-state index in [4.69, 9.17) is 18.8 Å². The quantitative estimate of drug-likeness (QED) is 0.445. The van der Waals surface area contributed by atoms with Crippen LogP contribution in [0.25, 0.3) is 0 Å². The van der Waals surface area contributed by atoms with Crippen molar-refractivity contribution in [1.82, 2.24) is 15.1 Å². The lowest BCUT2D eigenvalue weighted by Gasteiger charge is -2.19. The molecule has 0 spiro atoms. The number of thioether (sulfide) groups is 1. The number of hydrogen-bond acceptors (Lipinski definition) is 8. The first-order valence-corrected chi connectivity index (χ1v) is 10.1. The zero-order chi connectivity index (χ0) is 21.3. The number of amides is 1. The van der Waals surface area contributed by atoms with Crippen LogP contribution in [0, 0.1) is 17.1 Å². The van der Waals surface area contributed by atoms with Gasteiger partial charge in [-0.25, -0.2) is 4.39 Å². The normalized spacial score (nSPS) is 11.6. The van der Waals surface area contributed by atoms with Crippen molar-refractivity contribution in [1.29, 1.82) is 5.26 Å². The van der Waals surface area contributed by atoms with E-state index < -0.39 is 11.9 Å². The Morgan fingerprint density at radius 2 is 2.17 bits per heavy atom. The molecule has 0 aliphatic heterocycles. The van der Waals surface area contributed by atoms with Crippen LogP contribution in [0.2, 0.25) is 0 Å². The molecule has 0 N–H and O–H groups in total. The molecule has 2 heterocycles. The van der Waals surface area contributed by atoms with Gasteiger partial charge in [-0.1, -0.05) is 23.9 Å². The SMILES string of the molecule is CC(Oc1ccccc1F)c1nnc(SCC(=O)N(CCC#N)Cc2ccco2)o1. The highest BCUT2D eigenvalue weighted by atomic mass is 32.2. The summed E-state index contributed by atoms with van der Waals surface area (Å²) in [6, 6.07) is 11.6. The summed E-state index contributed by atoms with van der Waals surface area (Å²) < 4.78 is 30.0. The third-order valence-corrected chi connectivity index (χ3v) is 4.81. The largest absolute Gasteiger partial charge is 0.478 e. The maximum absolute atomic E-state index is 13.7. The van der Waals surface area contributed by atoms with E-state index in [-0.39, 0.29) is 41.5 Å². The van der Waals surface area contributed by atoms with E-state index in [1.807, 2.05) is 6.07 Å². The van der Waals surface area contributed by atoms with Crippen molar-refractivity contribution in [2.24, 2.45) is 0 Å². The number of carbonyl (C=O) groups is 1. The second-order valence-corrected chi connectivity index (χ2v) is 7.11. The summed E-state index contributed by atoms with van der Waals surface area (Å²) in [4.78, 5) is 14.1. The first-order valence-electron chi connectivity index (χ1n) is 9.11. The Balaban J connectivity index is 1.56. The number of carbonyl (C=O) groups excluding carboxylic acids is 1. The van der Waals surface area contributed by atoms with Crippen LogP contribution in [0.3, 0.4) is 0 Å². The molecule has 0 aliphatic carbocycles. The Morgan fingerprint density at radius 1 is 1.33 bits per heavy atom. The fourth-order valence-corrected chi connectivity index (χ4v) is 3.18. The minimum atomic E-state index is -0.662. The van der Waals surface area contributed by atoms with E-state index in [9.17, 15) is 9.18 Å². The van der Waals surface area contributed by atoms with Gasteiger partial charge in [0.2, 0.25) is 5.91 Å². The number of benzene rings is 1. The molecule has 1 unspecified atom stereocenters. The van der Waals surface area contributed by atoms with Crippen LogP contribution in [0.15, 0.2) is 56.7 Å². The summed E-state index contributed by atoms with van der Waals surface area (Å²) in [6.07, 6.45) is 1.08. The van der Waals surface area contributed by atoms with Crippen molar-refractivity contribution >= 4 is 17.7 Å². The number of halogens is 1. The highest BCUT2D eigenvalue weighted by Crippen LogP contribution is 2.25. The Labute approximate surface area is 176 Å². The molecular weight excluding hydrogens is 411 g/mol. The predicted molar refractivity (Wildman–Crippen MR) is 105 cm³/mol. The molecule has 8 nitrogen and oxygen atoms in total. The van der Waals surface area contributed by atoms with E-state index in [1.165, 1.54) is 23.3 Å². The molecule has 3 aromatic rings. The van der Waals surface area contributed by atoms with Gasteiger partial charge in [0.05, 0.1) is 31.1 Å². The first kappa shape index (κ1) is 21.4. The molecule has 10 heteroatoms. The number of furan rings is 1. The summed E-state index contributed by atoms with van der Waals surface area (Å²) in [5.41, 5.74) is 0. The molecule has 0 fully saturated rings. The minimum absolute atomic E-state index is 0.0519. The van der Waals surface area contributed by atoms with Gasteiger partial charge in [0.15, 0.2) is 17.7 Å². The molecule has 0 bridgehead atoms. The number of para-hydroxylation sites is 1. The number of nitrogens with zero attached hydrogens (tertiary/aromatic N) is 4. The lowest BCUT2D eigenvalue weighted by Crippen LogP contribution is -2.32. The van der Waals surface area contributed by atoms with E-state index in [2.05, 4.69) is 10.2 Å². The third-order valence-electron chi connectivity index (χ3n) is 4.00. The van der Waals surface area contributed by atoms with Crippen molar-refractivity contribution in [2.75, 3.05) is 12.3 Å². The second kappa shape index (κ2) is 10.5. The highest BCUT2D eigenvalue weighted by molar-refractivity contribution is 7.99. The molecule has 0 saturated carbocycles. The van der Waals surface area contributed by atoms with Gasteiger partial charge in [-0.15, -0.1) is 10.2 Å². The van der Waals surface area contributed by atoms with Crippen molar-refractivity contribution < 1.29 is 22.8 Å². The summed E-state index contributed by atoms with van der Waals surface area (Å²) in [7, 11) is 0. The third kappa shape index (κ3) is 5.84. The van der Waals surface area contributed by atoms with Gasteiger partial charge in [-0.3, -0.25) is 4.79 Å². The maximum atomic E-state index is 13.7. The maximum Gasteiger partial charge on any atom is 0.277 e. The predicted octanol–water partition coefficient (Wildman–Crippen LogP) is 3.98. The van der Waals surface area contributed by atoms with Crippen LogP contribution in [0.4, 0.5) is 4.39 Å².